The lowest BCUT2D eigenvalue weighted by atomic mass is 9.99. The Morgan fingerprint density at radius 3 is 0.840 bits per heavy atom. The van der Waals surface area contributed by atoms with E-state index in [0.29, 0.717) is 62.4 Å². The topological polar surface area (TPSA) is 133 Å². The highest BCUT2D eigenvalue weighted by Crippen LogP contribution is 2.37. The van der Waals surface area contributed by atoms with Crippen LogP contribution < -0.4 is 18.9 Å². The Hall–Kier alpha value is -9.90. The van der Waals surface area contributed by atoms with Crippen LogP contribution in [0.4, 0.5) is 0 Å². The van der Waals surface area contributed by atoms with Crippen LogP contribution >= 0.6 is 0 Å². The highest BCUT2D eigenvalue weighted by molar-refractivity contribution is 5.78. The Balaban J connectivity index is 0.940. The van der Waals surface area contributed by atoms with Crippen LogP contribution in [-0.2, 0) is 103 Å². The average Bonchev–Trinajstić information content (AvgIpc) is 1.56. The molecule has 100 heavy (non-hydrogen) atoms. The van der Waals surface area contributed by atoms with Crippen LogP contribution in [0.5, 0.6) is 23.0 Å². The molecule has 14 heteroatoms. The average molecular weight is 1340 g/mol. The molecule has 2 heterocycles. The summed E-state index contributed by atoms with van der Waals surface area (Å²) in [6, 6.07) is 90.0. The van der Waals surface area contributed by atoms with Gasteiger partial charge in [-0.2, -0.15) is 0 Å². The van der Waals surface area contributed by atoms with Gasteiger partial charge in [0.05, 0.1) is 13.2 Å². The summed E-state index contributed by atoms with van der Waals surface area (Å²) in [6.07, 6.45) is -4.26. The SMILES string of the molecule is CC1(C)OC[C@H]([C@@H](OC(=O)C(Cc2ccc(OCc3ccccc3)c(OCc3ccccc3)c2)N(Cc2ccccc2)Cc2ccccc2)[C@H](OC(=O)C(Cc2ccc(OCc3ccccc3)c(OCc3ccccc3)c2)N(Cc2ccccc2)Cc2ccccc2)[C@H]2COC(C)(C)O2)O1. The predicted molar refractivity (Wildman–Crippen MR) is 385 cm³/mol. The van der Waals surface area contributed by atoms with Crippen molar-refractivity contribution < 1.29 is 57.0 Å². The minimum atomic E-state index is -1.33. The first kappa shape index (κ1) is 70.0. The van der Waals surface area contributed by atoms with E-state index >= 15 is 9.59 Å². The fourth-order valence-corrected chi connectivity index (χ4v) is 12.6. The third-order valence-electron chi connectivity index (χ3n) is 17.8. The Bertz CT molecular complexity index is 3790. The van der Waals surface area contributed by atoms with Gasteiger partial charge in [-0.05, 0) is 120 Å². The summed E-state index contributed by atoms with van der Waals surface area (Å²) < 4.78 is 67.2. The van der Waals surface area contributed by atoms with Crippen LogP contribution in [0.25, 0.3) is 0 Å². The van der Waals surface area contributed by atoms with Gasteiger partial charge in [-0.3, -0.25) is 19.4 Å². The van der Waals surface area contributed by atoms with Crippen LogP contribution in [0.15, 0.2) is 279 Å². The van der Waals surface area contributed by atoms with Gasteiger partial charge in [0.15, 0.2) is 46.8 Å². The van der Waals surface area contributed by atoms with Crippen LogP contribution in [0.1, 0.15) is 83.3 Å². The number of esters is 2. The minimum Gasteiger partial charge on any atom is -0.485 e. The molecule has 0 aromatic heterocycles. The maximum atomic E-state index is 16.5. The van der Waals surface area contributed by atoms with Crippen molar-refractivity contribution in [2.75, 3.05) is 13.2 Å². The number of rotatable bonds is 33. The molecule has 6 atom stereocenters. The van der Waals surface area contributed by atoms with Crippen molar-refractivity contribution in [2.45, 2.75) is 141 Å². The Kier molecular flexibility index (Phi) is 24.0. The quantitative estimate of drug-likeness (QED) is 0.0361. The summed E-state index contributed by atoms with van der Waals surface area (Å²) in [5, 5.41) is 0. The summed E-state index contributed by atoms with van der Waals surface area (Å²) in [7, 11) is 0. The largest absolute Gasteiger partial charge is 0.485 e. The van der Waals surface area contributed by atoms with Gasteiger partial charge < -0.3 is 47.4 Å². The smallest absolute Gasteiger partial charge is 0.324 e. The lowest BCUT2D eigenvalue weighted by Crippen LogP contribution is -2.55. The molecule has 0 radical (unpaired) electrons. The molecule has 10 aromatic carbocycles. The molecule has 0 spiro atoms. The minimum absolute atomic E-state index is 0.00699. The zero-order valence-electron chi connectivity index (χ0n) is 57.3. The molecule has 2 unspecified atom stereocenters. The Morgan fingerprint density at radius 2 is 0.590 bits per heavy atom. The molecule has 2 saturated heterocycles. The van der Waals surface area contributed by atoms with Gasteiger partial charge in [0.1, 0.15) is 50.7 Å². The van der Waals surface area contributed by atoms with Gasteiger partial charge in [-0.25, -0.2) is 0 Å². The van der Waals surface area contributed by atoms with E-state index in [0.717, 1.165) is 55.6 Å². The molecular formula is C86H88N2O12. The fourth-order valence-electron chi connectivity index (χ4n) is 12.6. The summed E-state index contributed by atoms with van der Waals surface area (Å²) in [5.74, 6) is -1.31. The van der Waals surface area contributed by atoms with Crippen molar-refractivity contribution in [2.24, 2.45) is 0 Å². The van der Waals surface area contributed by atoms with Crippen LogP contribution in [0.3, 0.4) is 0 Å². The van der Waals surface area contributed by atoms with E-state index in [-0.39, 0.29) is 39.3 Å². The van der Waals surface area contributed by atoms with E-state index in [1.165, 1.54) is 0 Å². The lowest BCUT2D eigenvalue weighted by molar-refractivity contribution is -0.213. The molecule has 12 rings (SSSR count). The van der Waals surface area contributed by atoms with Gasteiger partial charge in [0.2, 0.25) is 0 Å². The molecular weight excluding hydrogens is 1250 g/mol. The monoisotopic (exact) mass is 1340 g/mol. The second-order valence-electron chi connectivity index (χ2n) is 26.4. The number of carbonyl (C=O) groups excluding carboxylic acids is 2. The van der Waals surface area contributed by atoms with E-state index in [9.17, 15) is 0 Å². The molecule has 0 aliphatic carbocycles. The number of nitrogens with zero attached hydrogens (tertiary/aromatic N) is 2. The van der Waals surface area contributed by atoms with Gasteiger partial charge in [-0.15, -0.1) is 0 Å². The first-order valence-corrected chi connectivity index (χ1v) is 34.4. The molecule has 0 saturated carbocycles. The first-order valence-electron chi connectivity index (χ1n) is 34.4. The summed E-state index contributed by atoms with van der Waals surface area (Å²) in [5.41, 5.74) is 9.44. The number of benzene rings is 10. The normalized spacial score (nSPS) is 16.6. The maximum absolute atomic E-state index is 16.5. The molecule has 14 nitrogen and oxygen atoms in total. The zero-order chi connectivity index (χ0) is 68.9. The van der Waals surface area contributed by atoms with E-state index in [2.05, 4.69) is 58.3 Å². The predicted octanol–water partition coefficient (Wildman–Crippen LogP) is 16.1. The third kappa shape index (κ3) is 20.2. The van der Waals surface area contributed by atoms with E-state index < -0.39 is 60.0 Å². The van der Waals surface area contributed by atoms with Crippen LogP contribution in [0.2, 0.25) is 0 Å². The molecule has 2 fully saturated rings. The molecule has 10 aromatic rings. The Labute approximate surface area is 587 Å². The van der Waals surface area contributed by atoms with Crippen molar-refractivity contribution in [1.29, 1.82) is 0 Å². The standard InChI is InChI=1S/C86H88N2O12/c1-85(2)95-61-79(99-85)81(97-83(89)73(87(53-63-29-13-5-14-30-63)54-64-31-15-6-16-32-64)49-71-45-47-75(91-57-67-37-21-9-22-38-67)77(51-71)93-59-69-41-25-11-26-42-69)82(80-62-96-86(3,4)100-80)98-84(90)74(88(55-65-33-17-7-18-34-65)56-66-35-19-8-20-36-66)50-72-46-48-76(92-58-68-39-23-10-24-40-68)78(52-72)94-60-70-43-27-12-28-44-70/h5-48,51-52,73-74,79-82H,49-50,53-62H2,1-4H3/t73?,74?,79-,80-,81-,82-/m1/s1. The van der Waals surface area contributed by atoms with E-state index in [1.807, 2.05) is 258 Å². The second kappa shape index (κ2) is 34.2. The number of carbonyl (C=O) groups is 2. The van der Waals surface area contributed by atoms with Gasteiger partial charge >= 0.3 is 11.9 Å². The summed E-state index contributed by atoms with van der Waals surface area (Å²) in [4.78, 5) is 37.3. The van der Waals surface area contributed by atoms with Gasteiger partial charge in [0.25, 0.3) is 0 Å². The van der Waals surface area contributed by atoms with Crippen molar-refractivity contribution in [3.8, 4) is 23.0 Å². The van der Waals surface area contributed by atoms with Crippen molar-refractivity contribution in [3.63, 3.8) is 0 Å². The second-order valence-corrected chi connectivity index (χ2v) is 26.4. The first-order chi connectivity index (χ1) is 48.8. The maximum Gasteiger partial charge on any atom is 0.324 e. The fraction of sp³-hybridized carbons (Fsp3) is 0.279. The number of hydrogen-bond acceptors (Lipinski definition) is 14. The van der Waals surface area contributed by atoms with Crippen LogP contribution in [0, 0.1) is 0 Å². The third-order valence-corrected chi connectivity index (χ3v) is 17.8. The molecule has 514 valence electrons. The van der Waals surface area contributed by atoms with E-state index in [4.69, 9.17) is 47.4 Å². The number of hydrogen-bond donors (Lipinski definition) is 0. The molecule has 0 bridgehead atoms. The molecule has 0 N–H and O–H groups in total. The van der Waals surface area contributed by atoms with Crippen molar-refractivity contribution in [1.82, 2.24) is 9.80 Å². The summed E-state index contributed by atoms with van der Waals surface area (Å²) >= 11 is 0. The zero-order valence-corrected chi connectivity index (χ0v) is 57.3. The van der Waals surface area contributed by atoms with Crippen LogP contribution in [-0.4, -0.2) is 83.0 Å². The molecule has 2 aliphatic heterocycles. The summed E-state index contributed by atoms with van der Waals surface area (Å²) in [6.45, 7) is 9.85. The van der Waals surface area contributed by atoms with Crippen molar-refractivity contribution in [3.05, 3.63) is 335 Å². The number of ether oxygens (including phenoxy) is 10. The van der Waals surface area contributed by atoms with E-state index in [1.54, 1.807) is 0 Å². The molecule has 2 aliphatic rings. The molecule has 0 amide bonds. The van der Waals surface area contributed by atoms with Gasteiger partial charge in [0, 0.05) is 26.2 Å². The van der Waals surface area contributed by atoms with Gasteiger partial charge in [-0.1, -0.05) is 255 Å². The Morgan fingerprint density at radius 1 is 0.340 bits per heavy atom. The lowest BCUT2D eigenvalue weighted by Gasteiger charge is -2.38. The highest BCUT2D eigenvalue weighted by Gasteiger charge is 2.52. The van der Waals surface area contributed by atoms with Crippen molar-refractivity contribution >= 4 is 11.9 Å². The highest BCUT2D eigenvalue weighted by atomic mass is 16.8.